The van der Waals surface area contributed by atoms with Gasteiger partial charge in [0.1, 0.15) is 0 Å². The molecule has 1 unspecified atom stereocenters. The van der Waals surface area contributed by atoms with Crippen molar-refractivity contribution in [2.75, 3.05) is 16.8 Å². The summed E-state index contributed by atoms with van der Waals surface area (Å²) in [5.74, 6) is -2.03. The average Bonchev–Trinajstić information content (AvgIpc) is 2.24. The first-order valence-electron chi connectivity index (χ1n) is 5.26. The van der Waals surface area contributed by atoms with Crippen molar-refractivity contribution in [1.82, 2.24) is 0 Å². The first-order chi connectivity index (χ1) is 7.85. The van der Waals surface area contributed by atoms with Gasteiger partial charge in [0.15, 0.2) is 21.5 Å². The van der Waals surface area contributed by atoms with E-state index in [0.29, 0.717) is 0 Å². The molecule has 96 valence electrons. The van der Waals surface area contributed by atoms with Crippen molar-refractivity contribution in [3.8, 4) is 0 Å². The molecule has 17 heavy (non-hydrogen) atoms. The second-order valence-electron chi connectivity index (χ2n) is 3.85. The van der Waals surface area contributed by atoms with Crippen molar-refractivity contribution in [3.05, 3.63) is 29.8 Å². The third kappa shape index (κ3) is 3.96. The molecule has 1 aromatic carbocycles. The minimum Gasteiger partial charge on any atom is -0.379 e. The van der Waals surface area contributed by atoms with Crippen molar-refractivity contribution in [2.24, 2.45) is 0 Å². The lowest BCUT2D eigenvalue weighted by Crippen LogP contribution is -2.27. The third-order valence-electron chi connectivity index (χ3n) is 2.30. The molecule has 0 fully saturated rings. The van der Waals surface area contributed by atoms with E-state index in [-0.39, 0.29) is 17.2 Å². The Kier molecular flexibility index (Phi) is 4.45. The van der Waals surface area contributed by atoms with Crippen molar-refractivity contribution in [3.63, 3.8) is 0 Å². The summed E-state index contributed by atoms with van der Waals surface area (Å²) < 4.78 is 48.9. The molecule has 1 rings (SSSR count). The topological polar surface area (TPSA) is 46.2 Å². The monoisotopic (exact) mass is 263 g/mol. The predicted octanol–water partition coefficient (Wildman–Crippen LogP) is 2.20. The highest BCUT2D eigenvalue weighted by Gasteiger charge is 2.15. The molecule has 1 atom stereocenters. The zero-order chi connectivity index (χ0) is 13.1. The Labute approximate surface area is 99.8 Å². The zero-order valence-electron chi connectivity index (χ0n) is 9.70. The van der Waals surface area contributed by atoms with Gasteiger partial charge in [0.25, 0.3) is 0 Å². The van der Waals surface area contributed by atoms with Crippen molar-refractivity contribution in [1.29, 1.82) is 0 Å². The number of sulfone groups is 1. The second-order valence-corrected chi connectivity index (χ2v) is 6.24. The minimum atomic E-state index is -3.14. The smallest absolute Gasteiger partial charge is 0.181 e. The highest BCUT2D eigenvalue weighted by Crippen LogP contribution is 2.17. The molecule has 0 saturated carbocycles. The highest BCUT2D eigenvalue weighted by atomic mass is 32.2. The SMILES string of the molecule is CCS(=O)(=O)CC(C)Nc1cccc(F)c1F. The molecule has 0 heterocycles. The maximum atomic E-state index is 13.3. The first kappa shape index (κ1) is 13.9. The van der Waals surface area contributed by atoms with Crippen LogP contribution in [0.5, 0.6) is 0 Å². The van der Waals surface area contributed by atoms with Crippen LogP contribution in [0.1, 0.15) is 13.8 Å². The Morgan fingerprint density at radius 3 is 2.59 bits per heavy atom. The van der Waals surface area contributed by atoms with E-state index >= 15 is 0 Å². The summed E-state index contributed by atoms with van der Waals surface area (Å²) in [7, 11) is -3.14. The fraction of sp³-hybridized carbons (Fsp3) is 0.455. The van der Waals surface area contributed by atoms with Crippen LogP contribution in [0.15, 0.2) is 18.2 Å². The van der Waals surface area contributed by atoms with Gasteiger partial charge in [-0.2, -0.15) is 0 Å². The van der Waals surface area contributed by atoms with E-state index in [1.54, 1.807) is 13.8 Å². The molecule has 0 spiro atoms. The third-order valence-corrected chi connectivity index (χ3v) is 4.18. The van der Waals surface area contributed by atoms with Gasteiger partial charge < -0.3 is 5.32 Å². The number of nitrogens with one attached hydrogen (secondary N) is 1. The van der Waals surface area contributed by atoms with Crippen LogP contribution < -0.4 is 5.32 Å². The summed E-state index contributed by atoms with van der Waals surface area (Å²) in [6, 6.07) is 3.26. The Morgan fingerprint density at radius 2 is 2.00 bits per heavy atom. The van der Waals surface area contributed by atoms with Crippen molar-refractivity contribution >= 4 is 15.5 Å². The molecular formula is C11H15F2NO2S. The van der Waals surface area contributed by atoms with Gasteiger partial charge in [-0.25, -0.2) is 17.2 Å². The molecule has 0 bridgehead atoms. The van der Waals surface area contributed by atoms with Gasteiger partial charge >= 0.3 is 0 Å². The Bertz CT molecular complexity index is 488. The van der Waals surface area contributed by atoms with Crippen LogP contribution in [0.3, 0.4) is 0 Å². The van der Waals surface area contributed by atoms with E-state index in [1.165, 1.54) is 12.1 Å². The summed E-state index contributed by atoms with van der Waals surface area (Å²) in [5.41, 5.74) is -0.0243. The molecule has 6 heteroatoms. The van der Waals surface area contributed by atoms with Crippen LogP contribution in [0, 0.1) is 11.6 Å². The minimum absolute atomic E-state index is 0.0243. The maximum absolute atomic E-state index is 13.3. The summed E-state index contributed by atoms with van der Waals surface area (Å²) in [5, 5.41) is 2.65. The van der Waals surface area contributed by atoms with Crippen LogP contribution in [-0.2, 0) is 9.84 Å². The predicted molar refractivity (Wildman–Crippen MR) is 63.8 cm³/mol. The number of hydrogen-bond donors (Lipinski definition) is 1. The van der Waals surface area contributed by atoms with Gasteiger partial charge in [-0.05, 0) is 19.1 Å². The molecule has 0 aliphatic heterocycles. The van der Waals surface area contributed by atoms with Crippen molar-refractivity contribution in [2.45, 2.75) is 19.9 Å². The number of hydrogen-bond acceptors (Lipinski definition) is 3. The Morgan fingerprint density at radius 1 is 1.35 bits per heavy atom. The van der Waals surface area contributed by atoms with Crippen LogP contribution in [0.25, 0.3) is 0 Å². The lowest BCUT2D eigenvalue weighted by molar-refractivity contribution is 0.510. The molecule has 0 aliphatic rings. The van der Waals surface area contributed by atoms with E-state index in [0.717, 1.165) is 6.07 Å². The molecule has 0 amide bonds. The zero-order valence-corrected chi connectivity index (χ0v) is 10.5. The lowest BCUT2D eigenvalue weighted by Gasteiger charge is -2.15. The van der Waals surface area contributed by atoms with Gasteiger partial charge in [0.2, 0.25) is 0 Å². The summed E-state index contributed by atoms with van der Waals surface area (Å²) in [6.45, 7) is 3.16. The molecule has 1 aromatic rings. The largest absolute Gasteiger partial charge is 0.379 e. The van der Waals surface area contributed by atoms with E-state index in [1.807, 2.05) is 0 Å². The van der Waals surface area contributed by atoms with Gasteiger partial charge in [0.05, 0.1) is 11.4 Å². The van der Waals surface area contributed by atoms with E-state index in [2.05, 4.69) is 5.32 Å². The summed E-state index contributed by atoms with van der Waals surface area (Å²) in [4.78, 5) is 0. The van der Waals surface area contributed by atoms with Crippen LogP contribution in [-0.4, -0.2) is 26.0 Å². The van der Waals surface area contributed by atoms with Gasteiger partial charge in [0, 0.05) is 11.8 Å². The molecule has 0 aromatic heterocycles. The normalized spacial score (nSPS) is 13.4. The first-order valence-corrected chi connectivity index (χ1v) is 7.09. The van der Waals surface area contributed by atoms with Crippen molar-refractivity contribution < 1.29 is 17.2 Å². The number of anilines is 1. The quantitative estimate of drug-likeness (QED) is 0.886. The summed E-state index contributed by atoms with van der Waals surface area (Å²) in [6.07, 6.45) is 0. The van der Waals surface area contributed by atoms with Gasteiger partial charge in [-0.1, -0.05) is 13.0 Å². The van der Waals surface area contributed by atoms with E-state index < -0.39 is 27.5 Å². The van der Waals surface area contributed by atoms with Crippen LogP contribution in [0.2, 0.25) is 0 Å². The van der Waals surface area contributed by atoms with Gasteiger partial charge in [-0.15, -0.1) is 0 Å². The van der Waals surface area contributed by atoms with E-state index in [9.17, 15) is 17.2 Å². The molecule has 0 saturated heterocycles. The second kappa shape index (κ2) is 5.44. The molecule has 3 nitrogen and oxygen atoms in total. The molecule has 1 N–H and O–H groups in total. The lowest BCUT2D eigenvalue weighted by atomic mass is 10.2. The molecule has 0 radical (unpaired) electrons. The van der Waals surface area contributed by atoms with Gasteiger partial charge in [-0.3, -0.25) is 0 Å². The standard InChI is InChI=1S/C11H15F2NO2S/c1-3-17(15,16)7-8(2)14-10-6-4-5-9(12)11(10)13/h4-6,8,14H,3,7H2,1-2H3. The Hall–Kier alpha value is -1.17. The highest BCUT2D eigenvalue weighted by molar-refractivity contribution is 7.91. The van der Waals surface area contributed by atoms with Crippen LogP contribution >= 0.6 is 0 Å². The number of benzene rings is 1. The van der Waals surface area contributed by atoms with E-state index in [4.69, 9.17) is 0 Å². The fourth-order valence-corrected chi connectivity index (χ4v) is 2.50. The number of rotatable bonds is 5. The summed E-state index contributed by atoms with van der Waals surface area (Å²) >= 11 is 0. The fourth-order valence-electron chi connectivity index (χ4n) is 1.42. The average molecular weight is 263 g/mol. The molecular weight excluding hydrogens is 248 g/mol. The Balaban J connectivity index is 2.75. The van der Waals surface area contributed by atoms with Crippen LogP contribution in [0.4, 0.5) is 14.5 Å². The number of halogens is 2. The maximum Gasteiger partial charge on any atom is 0.181 e. The molecule has 0 aliphatic carbocycles.